The highest BCUT2D eigenvalue weighted by Gasteiger charge is 2.39. The average molecular weight is 338 g/mol. The van der Waals surface area contributed by atoms with Gasteiger partial charge in [0.05, 0.1) is 18.6 Å². The smallest absolute Gasteiger partial charge is 0.227 e. The molecule has 1 atom stereocenters. The number of benzene rings is 2. The summed E-state index contributed by atoms with van der Waals surface area (Å²) in [5, 5.41) is 13.2. The first-order valence-electron chi connectivity index (χ1n) is 9.32. The Morgan fingerprint density at radius 1 is 1.04 bits per heavy atom. The van der Waals surface area contributed by atoms with Gasteiger partial charge in [-0.15, -0.1) is 0 Å². The number of carbonyl (C=O) groups excluding carboxylic acids is 1. The second-order valence-corrected chi connectivity index (χ2v) is 7.63. The first-order chi connectivity index (χ1) is 12.1. The van der Waals surface area contributed by atoms with Crippen LogP contribution in [-0.2, 0) is 11.2 Å². The lowest BCUT2D eigenvalue weighted by Crippen LogP contribution is -2.45. The molecule has 2 aromatic rings. The first kappa shape index (κ1) is 16.6. The van der Waals surface area contributed by atoms with Gasteiger partial charge in [0.1, 0.15) is 0 Å². The Bertz CT molecular complexity index is 769. The quantitative estimate of drug-likeness (QED) is 0.931. The van der Waals surface area contributed by atoms with E-state index < -0.39 is 5.60 Å². The van der Waals surface area contributed by atoms with Crippen LogP contribution in [-0.4, -0.2) is 59.1 Å². The van der Waals surface area contributed by atoms with Gasteiger partial charge in [0.25, 0.3) is 0 Å². The first-order valence-corrected chi connectivity index (χ1v) is 9.32. The van der Waals surface area contributed by atoms with Crippen molar-refractivity contribution in [3.63, 3.8) is 0 Å². The van der Waals surface area contributed by atoms with Gasteiger partial charge in [-0.1, -0.05) is 42.5 Å². The van der Waals surface area contributed by atoms with E-state index in [1.54, 1.807) is 0 Å². The second-order valence-electron chi connectivity index (χ2n) is 7.63. The van der Waals surface area contributed by atoms with Crippen molar-refractivity contribution in [1.29, 1.82) is 0 Å². The Balaban J connectivity index is 1.39. The lowest BCUT2D eigenvalue weighted by Gasteiger charge is -2.28. The number of hydrogen-bond acceptors (Lipinski definition) is 3. The fraction of sp³-hybridized carbons (Fsp3) is 0.476. The largest absolute Gasteiger partial charge is 0.387 e. The molecule has 2 fully saturated rings. The molecule has 2 aliphatic heterocycles. The zero-order valence-corrected chi connectivity index (χ0v) is 14.7. The highest BCUT2D eigenvalue weighted by Crippen LogP contribution is 2.25. The Morgan fingerprint density at radius 3 is 2.60 bits per heavy atom. The van der Waals surface area contributed by atoms with Gasteiger partial charge in [0.2, 0.25) is 5.91 Å². The zero-order valence-electron chi connectivity index (χ0n) is 14.7. The van der Waals surface area contributed by atoms with E-state index >= 15 is 0 Å². The van der Waals surface area contributed by atoms with Crippen LogP contribution in [0.25, 0.3) is 10.8 Å². The van der Waals surface area contributed by atoms with Crippen molar-refractivity contribution < 1.29 is 9.90 Å². The summed E-state index contributed by atoms with van der Waals surface area (Å²) in [5.41, 5.74) is 0.308. The molecular weight excluding hydrogens is 312 g/mol. The minimum Gasteiger partial charge on any atom is -0.387 e. The lowest BCUT2D eigenvalue weighted by atomic mass is 10.0. The van der Waals surface area contributed by atoms with E-state index in [0.717, 1.165) is 18.7 Å². The number of nitrogens with zero attached hydrogens (tertiary/aromatic N) is 2. The van der Waals surface area contributed by atoms with Crippen LogP contribution in [0, 0.1) is 0 Å². The number of hydrogen-bond donors (Lipinski definition) is 1. The second kappa shape index (κ2) is 6.77. The molecule has 1 N–H and O–H groups in total. The van der Waals surface area contributed by atoms with Crippen molar-refractivity contribution >= 4 is 16.7 Å². The fourth-order valence-electron chi connectivity index (χ4n) is 4.19. The molecule has 2 heterocycles. The Morgan fingerprint density at radius 2 is 1.80 bits per heavy atom. The molecule has 132 valence electrons. The number of rotatable bonds is 4. The summed E-state index contributed by atoms with van der Waals surface area (Å²) >= 11 is 0. The van der Waals surface area contributed by atoms with E-state index in [1.165, 1.54) is 23.6 Å². The molecule has 4 heteroatoms. The van der Waals surface area contributed by atoms with E-state index in [2.05, 4.69) is 29.2 Å². The molecule has 0 aromatic heterocycles. The van der Waals surface area contributed by atoms with Gasteiger partial charge in [-0.25, -0.2) is 0 Å². The van der Waals surface area contributed by atoms with Gasteiger partial charge in [-0.2, -0.15) is 0 Å². The van der Waals surface area contributed by atoms with Crippen molar-refractivity contribution in [2.45, 2.75) is 31.3 Å². The molecule has 0 aliphatic carbocycles. The lowest BCUT2D eigenvalue weighted by molar-refractivity contribution is -0.130. The standard InChI is InChI=1S/C21H26N2O2/c24-20(14-17-7-8-18-5-1-2-6-19(18)13-17)23-12-9-21(25,16-23)15-22-10-3-4-11-22/h1-2,5-8,13,25H,3-4,9-12,14-16H2/t21-/m1/s1. The van der Waals surface area contributed by atoms with Crippen molar-refractivity contribution in [3.05, 3.63) is 48.0 Å². The van der Waals surface area contributed by atoms with E-state index in [4.69, 9.17) is 0 Å². The van der Waals surface area contributed by atoms with E-state index in [1.807, 2.05) is 23.1 Å². The summed E-state index contributed by atoms with van der Waals surface area (Å²) in [6.07, 6.45) is 3.54. The molecule has 1 amide bonds. The molecule has 0 spiro atoms. The Hall–Kier alpha value is -1.91. The monoisotopic (exact) mass is 338 g/mol. The van der Waals surface area contributed by atoms with Crippen LogP contribution in [0.15, 0.2) is 42.5 Å². The Labute approximate surface area is 149 Å². The summed E-state index contributed by atoms with van der Waals surface area (Å²) in [6, 6.07) is 14.4. The number of aliphatic hydroxyl groups is 1. The van der Waals surface area contributed by atoms with E-state index in [0.29, 0.717) is 32.5 Å². The molecule has 25 heavy (non-hydrogen) atoms. The third kappa shape index (κ3) is 3.70. The third-order valence-corrected chi connectivity index (χ3v) is 5.57. The molecule has 2 aromatic carbocycles. The van der Waals surface area contributed by atoms with Gasteiger partial charge in [-0.3, -0.25) is 4.79 Å². The summed E-state index contributed by atoms with van der Waals surface area (Å²) in [4.78, 5) is 16.8. The minimum absolute atomic E-state index is 0.118. The average Bonchev–Trinajstić information content (AvgIpc) is 3.25. The Kier molecular flexibility index (Phi) is 4.48. The maximum atomic E-state index is 12.7. The fourth-order valence-corrected chi connectivity index (χ4v) is 4.19. The van der Waals surface area contributed by atoms with Crippen LogP contribution in [0.1, 0.15) is 24.8 Å². The molecule has 0 radical (unpaired) electrons. The van der Waals surface area contributed by atoms with Crippen molar-refractivity contribution in [1.82, 2.24) is 9.80 Å². The van der Waals surface area contributed by atoms with Crippen LogP contribution in [0.2, 0.25) is 0 Å². The number of carbonyl (C=O) groups is 1. The number of β-amino-alcohol motifs (C(OH)–C–C–N with tert-alkyl or cyclic N) is 1. The summed E-state index contributed by atoms with van der Waals surface area (Å²) in [6.45, 7) is 3.99. The van der Waals surface area contributed by atoms with E-state index in [9.17, 15) is 9.90 Å². The SMILES string of the molecule is O=C(Cc1ccc2ccccc2c1)N1CC[C@@](O)(CN2CCCC2)C1. The highest BCUT2D eigenvalue weighted by molar-refractivity contribution is 5.85. The van der Waals surface area contributed by atoms with Gasteiger partial charge in [-0.05, 0) is 48.7 Å². The third-order valence-electron chi connectivity index (χ3n) is 5.57. The topological polar surface area (TPSA) is 43.8 Å². The normalized spacial score (nSPS) is 24.3. The minimum atomic E-state index is -0.733. The molecule has 0 bridgehead atoms. The summed E-state index contributed by atoms with van der Waals surface area (Å²) < 4.78 is 0. The van der Waals surface area contributed by atoms with Crippen LogP contribution in [0.4, 0.5) is 0 Å². The molecule has 2 aliphatic rings. The van der Waals surface area contributed by atoms with Crippen LogP contribution in [0.5, 0.6) is 0 Å². The van der Waals surface area contributed by atoms with Crippen molar-refractivity contribution in [2.75, 3.05) is 32.7 Å². The predicted octanol–water partition coefficient (Wildman–Crippen LogP) is 2.44. The van der Waals surface area contributed by atoms with Gasteiger partial charge in [0, 0.05) is 13.1 Å². The van der Waals surface area contributed by atoms with Gasteiger partial charge >= 0.3 is 0 Å². The van der Waals surface area contributed by atoms with E-state index in [-0.39, 0.29) is 5.91 Å². The zero-order chi connectivity index (χ0) is 17.3. The molecule has 0 saturated carbocycles. The molecular formula is C21H26N2O2. The number of likely N-dealkylation sites (tertiary alicyclic amines) is 2. The van der Waals surface area contributed by atoms with Crippen LogP contribution >= 0.6 is 0 Å². The predicted molar refractivity (Wildman–Crippen MR) is 99.5 cm³/mol. The molecule has 4 rings (SSSR count). The van der Waals surface area contributed by atoms with Crippen molar-refractivity contribution in [3.8, 4) is 0 Å². The summed E-state index contributed by atoms with van der Waals surface area (Å²) in [7, 11) is 0. The number of fused-ring (bicyclic) bond motifs is 1. The number of amides is 1. The molecule has 0 unspecified atom stereocenters. The molecule has 4 nitrogen and oxygen atoms in total. The summed E-state index contributed by atoms with van der Waals surface area (Å²) in [5.74, 6) is 0.118. The van der Waals surface area contributed by atoms with Crippen LogP contribution < -0.4 is 0 Å². The maximum absolute atomic E-state index is 12.7. The highest BCUT2D eigenvalue weighted by atomic mass is 16.3. The molecule has 2 saturated heterocycles. The maximum Gasteiger partial charge on any atom is 0.227 e. The van der Waals surface area contributed by atoms with Crippen LogP contribution in [0.3, 0.4) is 0 Å². The van der Waals surface area contributed by atoms with Gasteiger partial charge < -0.3 is 14.9 Å². The van der Waals surface area contributed by atoms with Gasteiger partial charge in [0.15, 0.2) is 0 Å². The van der Waals surface area contributed by atoms with Crippen molar-refractivity contribution in [2.24, 2.45) is 0 Å².